The lowest BCUT2D eigenvalue weighted by Crippen LogP contribution is -2.04. The van der Waals surface area contributed by atoms with Crippen LogP contribution in [0.2, 0.25) is 5.02 Å². The Morgan fingerprint density at radius 3 is 2.80 bits per heavy atom. The van der Waals surface area contributed by atoms with Crippen LogP contribution in [0.5, 0.6) is 0 Å². The standard InChI is InChI=1S/C12H15ClO2/c1-9-4-5-10(12(13)7-9)8-11(15)3-2-6-14/h4-5,7,14H,2-3,6,8H2,1H3. The maximum absolute atomic E-state index is 11.4. The average Bonchev–Trinajstić information content (AvgIpc) is 2.19. The predicted molar refractivity (Wildman–Crippen MR) is 61.2 cm³/mol. The number of aliphatic hydroxyl groups excluding tert-OH is 1. The van der Waals surface area contributed by atoms with E-state index in [1.807, 2.05) is 25.1 Å². The summed E-state index contributed by atoms with van der Waals surface area (Å²) in [5.74, 6) is 0.120. The molecular formula is C12H15ClO2. The lowest BCUT2D eigenvalue weighted by molar-refractivity contribution is -0.118. The van der Waals surface area contributed by atoms with Gasteiger partial charge in [0.2, 0.25) is 0 Å². The Hall–Kier alpha value is -0.860. The van der Waals surface area contributed by atoms with Crippen LogP contribution in [0.1, 0.15) is 24.0 Å². The quantitative estimate of drug-likeness (QED) is 0.838. The van der Waals surface area contributed by atoms with Crippen LogP contribution in [-0.4, -0.2) is 17.5 Å². The summed E-state index contributed by atoms with van der Waals surface area (Å²) in [6.07, 6.45) is 1.31. The molecule has 0 radical (unpaired) electrons. The van der Waals surface area contributed by atoms with Crippen molar-refractivity contribution in [1.82, 2.24) is 0 Å². The minimum absolute atomic E-state index is 0.0629. The molecule has 1 N–H and O–H groups in total. The highest BCUT2D eigenvalue weighted by Crippen LogP contribution is 2.18. The minimum Gasteiger partial charge on any atom is -0.396 e. The van der Waals surface area contributed by atoms with Gasteiger partial charge in [0.05, 0.1) is 0 Å². The van der Waals surface area contributed by atoms with Gasteiger partial charge < -0.3 is 5.11 Å². The summed E-state index contributed by atoms with van der Waals surface area (Å²) < 4.78 is 0. The van der Waals surface area contributed by atoms with Gasteiger partial charge in [-0.05, 0) is 30.5 Å². The van der Waals surface area contributed by atoms with Crippen molar-refractivity contribution < 1.29 is 9.90 Å². The van der Waals surface area contributed by atoms with Gasteiger partial charge >= 0.3 is 0 Å². The van der Waals surface area contributed by atoms with Gasteiger partial charge in [-0.2, -0.15) is 0 Å². The molecule has 0 saturated heterocycles. The molecule has 0 heterocycles. The zero-order valence-corrected chi connectivity index (χ0v) is 9.55. The molecule has 0 unspecified atom stereocenters. The number of ketones is 1. The molecule has 0 aromatic heterocycles. The molecule has 1 rings (SSSR count). The van der Waals surface area contributed by atoms with Gasteiger partial charge in [-0.25, -0.2) is 0 Å². The van der Waals surface area contributed by atoms with E-state index in [0.717, 1.165) is 11.1 Å². The van der Waals surface area contributed by atoms with Crippen molar-refractivity contribution in [1.29, 1.82) is 0 Å². The van der Waals surface area contributed by atoms with Gasteiger partial charge in [-0.15, -0.1) is 0 Å². The number of carbonyl (C=O) groups excluding carboxylic acids is 1. The van der Waals surface area contributed by atoms with Crippen molar-refractivity contribution in [3.05, 3.63) is 34.3 Å². The summed E-state index contributed by atoms with van der Waals surface area (Å²) in [5, 5.41) is 9.24. The van der Waals surface area contributed by atoms with Crippen LogP contribution >= 0.6 is 11.6 Å². The van der Waals surface area contributed by atoms with Crippen LogP contribution in [0.3, 0.4) is 0 Å². The third-order valence-corrected chi connectivity index (χ3v) is 2.56. The van der Waals surface area contributed by atoms with E-state index in [-0.39, 0.29) is 12.4 Å². The van der Waals surface area contributed by atoms with E-state index in [1.54, 1.807) is 0 Å². The van der Waals surface area contributed by atoms with Crippen LogP contribution < -0.4 is 0 Å². The van der Waals surface area contributed by atoms with Crippen molar-refractivity contribution >= 4 is 17.4 Å². The molecule has 0 spiro atoms. The second-order valence-electron chi connectivity index (χ2n) is 3.64. The molecular weight excluding hydrogens is 212 g/mol. The molecule has 1 aromatic rings. The topological polar surface area (TPSA) is 37.3 Å². The van der Waals surface area contributed by atoms with Gasteiger partial charge in [-0.3, -0.25) is 4.79 Å². The van der Waals surface area contributed by atoms with Gasteiger partial charge in [-0.1, -0.05) is 23.7 Å². The van der Waals surface area contributed by atoms with E-state index in [4.69, 9.17) is 16.7 Å². The number of carbonyl (C=O) groups is 1. The number of Topliss-reactive ketones (excluding diaryl/α,β-unsaturated/α-hetero) is 1. The number of hydrogen-bond donors (Lipinski definition) is 1. The summed E-state index contributed by atoms with van der Waals surface area (Å²) in [6.45, 7) is 2.02. The Morgan fingerprint density at radius 2 is 2.20 bits per heavy atom. The number of hydrogen-bond acceptors (Lipinski definition) is 2. The largest absolute Gasteiger partial charge is 0.396 e. The Kier molecular flexibility index (Phi) is 4.79. The van der Waals surface area contributed by atoms with Gasteiger partial charge in [0.15, 0.2) is 0 Å². The molecule has 0 aliphatic rings. The van der Waals surface area contributed by atoms with Crippen molar-refractivity contribution in [2.45, 2.75) is 26.2 Å². The number of aryl methyl sites for hydroxylation is 1. The maximum Gasteiger partial charge on any atom is 0.137 e. The number of rotatable bonds is 5. The molecule has 82 valence electrons. The molecule has 2 nitrogen and oxygen atoms in total. The molecule has 0 fully saturated rings. The molecule has 0 aliphatic carbocycles. The van der Waals surface area contributed by atoms with E-state index >= 15 is 0 Å². The molecule has 0 atom stereocenters. The normalized spacial score (nSPS) is 10.3. The van der Waals surface area contributed by atoms with Gasteiger partial charge in [0.1, 0.15) is 5.78 Å². The summed E-state index contributed by atoms with van der Waals surface area (Å²) in [4.78, 5) is 11.4. The summed E-state index contributed by atoms with van der Waals surface area (Å²) in [7, 11) is 0. The highest BCUT2D eigenvalue weighted by molar-refractivity contribution is 6.31. The van der Waals surface area contributed by atoms with Crippen molar-refractivity contribution in [3.8, 4) is 0 Å². The fraction of sp³-hybridized carbons (Fsp3) is 0.417. The van der Waals surface area contributed by atoms with E-state index in [9.17, 15) is 4.79 Å². The van der Waals surface area contributed by atoms with E-state index < -0.39 is 0 Å². The molecule has 0 amide bonds. The first kappa shape index (κ1) is 12.2. The van der Waals surface area contributed by atoms with Crippen LogP contribution in [0, 0.1) is 6.92 Å². The van der Waals surface area contributed by atoms with E-state index in [1.165, 1.54) is 0 Å². The second-order valence-corrected chi connectivity index (χ2v) is 4.04. The monoisotopic (exact) mass is 226 g/mol. The zero-order valence-electron chi connectivity index (χ0n) is 8.79. The molecule has 0 bridgehead atoms. The summed E-state index contributed by atoms with van der Waals surface area (Å²) in [6, 6.07) is 5.69. The highest BCUT2D eigenvalue weighted by Gasteiger charge is 2.06. The molecule has 3 heteroatoms. The smallest absolute Gasteiger partial charge is 0.137 e. The second kappa shape index (κ2) is 5.89. The Balaban J connectivity index is 2.60. The van der Waals surface area contributed by atoms with E-state index in [2.05, 4.69) is 0 Å². The lowest BCUT2D eigenvalue weighted by Gasteiger charge is -2.04. The van der Waals surface area contributed by atoms with Crippen LogP contribution in [0.15, 0.2) is 18.2 Å². The molecule has 0 aliphatic heterocycles. The first-order valence-electron chi connectivity index (χ1n) is 5.01. The van der Waals surface area contributed by atoms with Crippen LogP contribution in [-0.2, 0) is 11.2 Å². The van der Waals surface area contributed by atoms with Crippen LogP contribution in [0.25, 0.3) is 0 Å². The number of aliphatic hydroxyl groups is 1. The third kappa shape index (κ3) is 4.02. The molecule has 15 heavy (non-hydrogen) atoms. The first-order valence-corrected chi connectivity index (χ1v) is 5.39. The minimum atomic E-state index is 0.0629. The summed E-state index contributed by atoms with van der Waals surface area (Å²) in [5.41, 5.74) is 1.96. The molecule has 1 aromatic carbocycles. The summed E-state index contributed by atoms with van der Waals surface area (Å²) >= 11 is 6.01. The van der Waals surface area contributed by atoms with Crippen molar-refractivity contribution in [3.63, 3.8) is 0 Å². The predicted octanol–water partition coefficient (Wildman–Crippen LogP) is 2.53. The lowest BCUT2D eigenvalue weighted by atomic mass is 10.0. The van der Waals surface area contributed by atoms with E-state index in [0.29, 0.717) is 24.3 Å². The molecule has 0 saturated carbocycles. The van der Waals surface area contributed by atoms with Crippen molar-refractivity contribution in [2.75, 3.05) is 6.61 Å². The zero-order chi connectivity index (χ0) is 11.3. The Bertz CT molecular complexity index is 347. The Morgan fingerprint density at radius 1 is 1.47 bits per heavy atom. The first-order chi connectivity index (χ1) is 7.13. The van der Waals surface area contributed by atoms with Gasteiger partial charge in [0, 0.05) is 24.5 Å². The SMILES string of the molecule is Cc1ccc(CC(=O)CCCO)c(Cl)c1. The van der Waals surface area contributed by atoms with Gasteiger partial charge in [0.25, 0.3) is 0 Å². The Labute approximate surface area is 94.9 Å². The average molecular weight is 227 g/mol. The third-order valence-electron chi connectivity index (χ3n) is 2.21. The van der Waals surface area contributed by atoms with Crippen molar-refractivity contribution in [2.24, 2.45) is 0 Å². The van der Waals surface area contributed by atoms with Crippen LogP contribution in [0.4, 0.5) is 0 Å². The fourth-order valence-corrected chi connectivity index (χ4v) is 1.67. The highest BCUT2D eigenvalue weighted by atomic mass is 35.5. The number of benzene rings is 1. The number of halogens is 1. The fourth-order valence-electron chi connectivity index (χ4n) is 1.37. The maximum atomic E-state index is 11.4.